The van der Waals surface area contributed by atoms with Crippen LogP contribution in [0.25, 0.3) is 10.9 Å². The van der Waals surface area contributed by atoms with Crippen molar-refractivity contribution in [2.24, 2.45) is 5.41 Å². The number of aliphatic hydroxyl groups is 1. The Labute approximate surface area is 235 Å². The van der Waals surface area contributed by atoms with Crippen LogP contribution in [0.4, 0.5) is 17.6 Å². The largest absolute Gasteiger partial charge is 0.497 e. The summed E-state index contributed by atoms with van der Waals surface area (Å²) in [6, 6.07) is 10.7. The SMILES string of the molecule is COc1ccc2ncc(Cl)c([C@H](F)CCC3(CO)CCN(CCCSc4cccc(C(F)(F)F)c4)CC3)c2c1. The van der Waals surface area contributed by atoms with Crippen LogP contribution in [-0.4, -0.2) is 54.1 Å². The summed E-state index contributed by atoms with van der Waals surface area (Å²) in [4.78, 5) is 7.23. The number of hydrogen-bond acceptors (Lipinski definition) is 5. The quantitative estimate of drug-likeness (QED) is 0.141. The van der Waals surface area contributed by atoms with Gasteiger partial charge in [-0.3, -0.25) is 4.98 Å². The monoisotopic (exact) mass is 584 g/mol. The normalized spacial score (nSPS) is 16.9. The van der Waals surface area contributed by atoms with E-state index in [0.717, 1.165) is 50.7 Å². The fourth-order valence-electron chi connectivity index (χ4n) is 5.17. The molecule has 3 aromatic rings. The third kappa shape index (κ3) is 7.57. The molecular formula is C29H33ClF4N2O2S. The van der Waals surface area contributed by atoms with Crippen molar-refractivity contribution in [2.45, 2.75) is 49.3 Å². The van der Waals surface area contributed by atoms with E-state index < -0.39 is 17.9 Å². The second-order valence-corrected chi connectivity index (χ2v) is 11.7. The number of thioether (sulfide) groups is 1. The van der Waals surface area contributed by atoms with E-state index in [1.807, 2.05) is 0 Å². The van der Waals surface area contributed by atoms with E-state index in [9.17, 15) is 18.3 Å². The van der Waals surface area contributed by atoms with Gasteiger partial charge in [0.1, 0.15) is 11.9 Å². The summed E-state index contributed by atoms with van der Waals surface area (Å²) < 4.78 is 59.7. The predicted octanol–water partition coefficient (Wildman–Crippen LogP) is 7.96. The molecule has 1 aliphatic heterocycles. The Morgan fingerprint density at radius 2 is 1.95 bits per heavy atom. The number of likely N-dealkylation sites (tertiary alicyclic amines) is 1. The molecule has 4 rings (SSSR count). The Balaban J connectivity index is 1.27. The van der Waals surface area contributed by atoms with Crippen molar-refractivity contribution in [3.05, 3.63) is 64.8 Å². The van der Waals surface area contributed by atoms with Crippen molar-refractivity contribution in [3.63, 3.8) is 0 Å². The molecule has 0 bridgehead atoms. The number of methoxy groups -OCH3 is 1. The first-order valence-corrected chi connectivity index (χ1v) is 14.4. The van der Waals surface area contributed by atoms with Gasteiger partial charge in [-0.2, -0.15) is 13.2 Å². The van der Waals surface area contributed by atoms with Gasteiger partial charge in [-0.05, 0) is 99.3 Å². The Morgan fingerprint density at radius 1 is 1.18 bits per heavy atom. The molecule has 1 aliphatic rings. The van der Waals surface area contributed by atoms with Crippen LogP contribution in [0.15, 0.2) is 53.6 Å². The maximum Gasteiger partial charge on any atom is 0.416 e. The molecule has 1 fully saturated rings. The molecule has 1 atom stereocenters. The van der Waals surface area contributed by atoms with Crippen molar-refractivity contribution in [1.82, 2.24) is 9.88 Å². The Morgan fingerprint density at radius 3 is 2.64 bits per heavy atom. The number of piperidine rings is 1. The number of aliphatic hydroxyl groups excluding tert-OH is 1. The Bertz CT molecular complexity index is 1250. The van der Waals surface area contributed by atoms with Crippen LogP contribution in [0.2, 0.25) is 5.02 Å². The second kappa shape index (κ2) is 13.1. The van der Waals surface area contributed by atoms with E-state index >= 15 is 4.39 Å². The van der Waals surface area contributed by atoms with Crippen molar-refractivity contribution >= 4 is 34.3 Å². The van der Waals surface area contributed by atoms with E-state index in [1.165, 1.54) is 30.1 Å². The lowest BCUT2D eigenvalue weighted by atomic mass is 9.74. The van der Waals surface area contributed by atoms with E-state index in [0.29, 0.717) is 33.5 Å². The number of aromatic nitrogens is 1. The highest BCUT2D eigenvalue weighted by Crippen LogP contribution is 2.42. The molecule has 39 heavy (non-hydrogen) atoms. The number of ether oxygens (including phenoxy) is 1. The molecule has 2 aromatic carbocycles. The highest BCUT2D eigenvalue weighted by Gasteiger charge is 2.35. The van der Waals surface area contributed by atoms with Crippen molar-refractivity contribution < 1.29 is 27.4 Å². The average molecular weight is 585 g/mol. The second-order valence-electron chi connectivity index (χ2n) is 10.1. The zero-order valence-electron chi connectivity index (χ0n) is 21.8. The molecule has 0 aliphatic carbocycles. The maximum absolute atomic E-state index is 15.6. The number of nitrogens with zero attached hydrogens (tertiary/aromatic N) is 2. The standard InChI is InChI=1S/C29H33ClF4N2O2S/c1-38-21-6-7-26-23(17-21)27(24(30)18-35-26)25(31)8-9-28(19-37)10-13-36(14-11-28)12-3-15-39-22-5-2-4-20(16-22)29(32,33)34/h2,4-7,16-18,25,37H,3,8-15,19H2,1H3/t25-/m1/s1. The molecule has 1 aromatic heterocycles. The minimum atomic E-state index is -4.34. The van der Waals surface area contributed by atoms with Gasteiger partial charge in [-0.15, -0.1) is 11.8 Å². The topological polar surface area (TPSA) is 45.6 Å². The number of pyridine rings is 1. The summed E-state index contributed by atoms with van der Waals surface area (Å²) in [6.07, 6.45) is -1.02. The fourth-order valence-corrected chi connectivity index (χ4v) is 6.33. The minimum absolute atomic E-state index is 0.00238. The van der Waals surface area contributed by atoms with Crippen LogP contribution >= 0.6 is 23.4 Å². The third-order valence-corrected chi connectivity index (χ3v) is 8.99. The van der Waals surface area contributed by atoms with Gasteiger partial charge in [0, 0.05) is 28.6 Å². The van der Waals surface area contributed by atoms with E-state index in [-0.39, 0.29) is 23.5 Å². The Hall–Kier alpha value is -2.07. The molecule has 0 amide bonds. The zero-order chi connectivity index (χ0) is 28.0. The molecule has 1 saturated heterocycles. The first-order chi connectivity index (χ1) is 18.6. The van der Waals surface area contributed by atoms with Gasteiger partial charge in [-0.1, -0.05) is 17.7 Å². The lowest BCUT2D eigenvalue weighted by Crippen LogP contribution is -2.42. The number of halogens is 5. The van der Waals surface area contributed by atoms with E-state index in [4.69, 9.17) is 16.3 Å². The number of hydrogen-bond donors (Lipinski definition) is 1. The maximum atomic E-state index is 15.6. The number of benzene rings is 2. The van der Waals surface area contributed by atoms with Crippen molar-refractivity contribution in [1.29, 1.82) is 0 Å². The van der Waals surface area contributed by atoms with Gasteiger partial charge >= 0.3 is 6.18 Å². The summed E-state index contributed by atoms with van der Waals surface area (Å²) in [5.41, 5.74) is 0.0813. The zero-order valence-corrected chi connectivity index (χ0v) is 23.4. The number of alkyl halides is 4. The summed E-state index contributed by atoms with van der Waals surface area (Å²) in [6.45, 7) is 2.42. The van der Waals surface area contributed by atoms with Crippen LogP contribution in [0.3, 0.4) is 0 Å². The molecule has 0 radical (unpaired) electrons. The molecule has 212 valence electrons. The van der Waals surface area contributed by atoms with Gasteiger partial charge in [0.25, 0.3) is 0 Å². The first kappa shape index (κ1) is 29.9. The van der Waals surface area contributed by atoms with Gasteiger partial charge in [0.15, 0.2) is 0 Å². The van der Waals surface area contributed by atoms with Crippen LogP contribution in [-0.2, 0) is 6.18 Å². The van der Waals surface area contributed by atoms with Crippen LogP contribution in [0.5, 0.6) is 5.75 Å². The molecule has 2 heterocycles. The molecule has 1 N–H and O–H groups in total. The molecule has 0 unspecified atom stereocenters. The molecule has 10 heteroatoms. The lowest BCUT2D eigenvalue weighted by molar-refractivity contribution is -0.137. The summed E-state index contributed by atoms with van der Waals surface area (Å²) in [7, 11) is 1.55. The molecule has 0 saturated carbocycles. The fraction of sp³-hybridized carbons (Fsp3) is 0.483. The van der Waals surface area contributed by atoms with Gasteiger partial charge < -0.3 is 14.7 Å². The van der Waals surface area contributed by atoms with Crippen LogP contribution in [0.1, 0.15) is 49.4 Å². The van der Waals surface area contributed by atoms with Gasteiger partial charge in [-0.25, -0.2) is 4.39 Å². The number of rotatable bonds is 11. The summed E-state index contributed by atoms with van der Waals surface area (Å²) in [5, 5.41) is 11.2. The van der Waals surface area contributed by atoms with Crippen molar-refractivity contribution in [2.75, 3.05) is 39.1 Å². The first-order valence-electron chi connectivity index (χ1n) is 13.0. The predicted molar refractivity (Wildman–Crippen MR) is 148 cm³/mol. The van der Waals surface area contributed by atoms with Gasteiger partial charge in [0.2, 0.25) is 0 Å². The molecule has 4 nitrogen and oxygen atoms in total. The van der Waals surface area contributed by atoms with E-state index in [1.54, 1.807) is 31.4 Å². The summed E-state index contributed by atoms with van der Waals surface area (Å²) in [5.74, 6) is 1.32. The minimum Gasteiger partial charge on any atom is -0.497 e. The lowest BCUT2D eigenvalue weighted by Gasteiger charge is -2.41. The van der Waals surface area contributed by atoms with Gasteiger partial charge in [0.05, 0.1) is 23.2 Å². The average Bonchev–Trinajstić information content (AvgIpc) is 2.94. The van der Waals surface area contributed by atoms with Crippen molar-refractivity contribution in [3.8, 4) is 5.75 Å². The smallest absolute Gasteiger partial charge is 0.416 e. The highest BCUT2D eigenvalue weighted by molar-refractivity contribution is 7.99. The van der Waals surface area contributed by atoms with E-state index in [2.05, 4.69) is 9.88 Å². The highest BCUT2D eigenvalue weighted by atomic mass is 35.5. The van der Waals surface area contributed by atoms with Crippen LogP contribution in [0, 0.1) is 5.41 Å². The summed E-state index contributed by atoms with van der Waals surface area (Å²) >= 11 is 7.80. The third-order valence-electron chi connectivity index (χ3n) is 7.61. The molecular weight excluding hydrogens is 552 g/mol. The van der Waals surface area contributed by atoms with Crippen LogP contribution < -0.4 is 4.74 Å². The number of fused-ring (bicyclic) bond motifs is 1. The molecule has 0 spiro atoms. The Kier molecular flexibility index (Phi) is 10.0.